The van der Waals surface area contributed by atoms with Gasteiger partial charge in [0, 0.05) is 48.9 Å². The van der Waals surface area contributed by atoms with Gasteiger partial charge in [0.05, 0.1) is 18.9 Å². The minimum atomic E-state index is 0.505. The molecule has 5 aromatic rings. The lowest BCUT2D eigenvalue weighted by Gasteiger charge is -2.27. The molecule has 0 N–H and O–H groups in total. The second kappa shape index (κ2) is 8.14. The average Bonchev–Trinajstić information content (AvgIpc) is 3.52. The second-order valence-electron chi connectivity index (χ2n) is 8.02. The molecule has 5 heterocycles. The van der Waals surface area contributed by atoms with Crippen LogP contribution in [0.2, 0.25) is 0 Å². The molecule has 8 nitrogen and oxygen atoms in total. The second-order valence-corrected chi connectivity index (χ2v) is 8.02. The number of hydrogen-bond acceptors (Lipinski definition) is 7. The maximum absolute atomic E-state index is 6.25. The van der Waals surface area contributed by atoms with Crippen molar-refractivity contribution in [3.8, 4) is 28.5 Å². The Hall–Kier alpha value is -4.04. The molecule has 1 saturated heterocycles. The fourth-order valence-electron chi connectivity index (χ4n) is 4.05. The molecule has 0 atom stereocenters. The molecular formula is C25H22N6O2. The minimum absolute atomic E-state index is 0.505. The number of aromatic nitrogens is 5. The first-order valence-corrected chi connectivity index (χ1v) is 10.9. The van der Waals surface area contributed by atoms with E-state index in [1.165, 1.54) is 5.56 Å². The van der Waals surface area contributed by atoms with Gasteiger partial charge >= 0.3 is 0 Å². The lowest BCUT2D eigenvalue weighted by Crippen LogP contribution is -2.37. The van der Waals surface area contributed by atoms with Crippen LogP contribution in [0.5, 0.6) is 0 Å². The summed E-state index contributed by atoms with van der Waals surface area (Å²) in [6, 6.07) is 16.1. The van der Waals surface area contributed by atoms with E-state index in [9.17, 15) is 0 Å². The van der Waals surface area contributed by atoms with Gasteiger partial charge in [-0.2, -0.15) is 10.1 Å². The molecule has 0 spiro atoms. The zero-order valence-corrected chi connectivity index (χ0v) is 18.2. The average molecular weight is 438 g/mol. The number of pyridine rings is 1. The molecule has 1 aliphatic heterocycles. The molecule has 6 rings (SSSR count). The van der Waals surface area contributed by atoms with Crippen molar-refractivity contribution in [2.24, 2.45) is 0 Å². The van der Waals surface area contributed by atoms with E-state index in [4.69, 9.17) is 24.2 Å². The van der Waals surface area contributed by atoms with Crippen molar-refractivity contribution < 1.29 is 9.15 Å². The van der Waals surface area contributed by atoms with Gasteiger partial charge in [0.2, 0.25) is 0 Å². The molecule has 0 bridgehead atoms. The number of morpholine rings is 1. The van der Waals surface area contributed by atoms with Gasteiger partial charge in [0.25, 0.3) is 5.95 Å². The Balaban J connectivity index is 1.47. The van der Waals surface area contributed by atoms with Gasteiger partial charge in [-0.05, 0) is 31.2 Å². The highest BCUT2D eigenvalue weighted by Crippen LogP contribution is 2.33. The molecule has 4 aromatic heterocycles. The molecular weight excluding hydrogens is 416 g/mol. The third-order valence-corrected chi connectivity index (χ3v) is 5.73. The van der Waals surface area contributed by atoms with Crippen LogP contribution in [0.1, 0.15) is 5.56 Å². The van der Waals surface area contributed by atoms with E-state index in [1.54, 1.807) is 17.1 Å². The van der Waals surface area contributed by atoms with Crippen LogP contribution in [0.3, 0.4) is 0 Å². The zero-order chi connectivity index (χ0) is 22.2. The summed E-state index contributed by atoms with van der Waals surface area (Å²) >= 11 is 0. The highest BCUT2D eigenvalue weighted by molar-refractivity contribution is 5.88. The van der Waals surface area contributed by atoms with Crippen molar-refractivity contribution in [2.75, 3.05) is 31.2 Å². The SMILES string of the molecule is Cc1cccc(-c2ccn(-c3nc(N4CCOCC4)c4oc(-c5ccncc5)cc4n3)n2)c1. The zero-order valence-electron chi connectivity index (χ0n) is 18.2. The molecule has 0 amide bonds. The molecule has 1 aliphatic rings. The lowest BCUT2D eigenvalue weighted by molar-refractivity contribution is 0.122. The predicted molar refractivity (Wildman–Crippen MR) is 125 cm³/mol. The Morgan fingerprint density at radius 1 is 0.909 bits per heavy atom. The Morgan fingerprint density at radius 2 is 1.76 bits per heavy atom. The first kappa shape index (κ1) is 19.6. The van der Waals surface area contributed by atoms with Crippen LogP contribution in [0.15, 0.2) is 71.5 Å². The summed E-state index contributed by atoms with van der Waals surface area (Å²) in [6.07, 6.45) is 5.39. The quantitative estimate of drug-likeness (QED) is 0.414. The lowest BCUT2D eigenvalue weighted by atomic mass is 10.1. The molecule has 164 valence electrons. The van der Waals surface area contributed by atoms with E-state index >= 15 is 0 Å². The minimum Gasteiger partial charge on any atom is -0.450 e. The molecule has 8 heteroatoms. The fourth-order valence-corrected chi connectivity index (χ4v) is 4.05. The van der Waals surface area contributed by atoms with Crippen molar-refractivity contribution in [3.63, 3.8) is 0 Å². The monoisotopic (exact) mass is 438 g/mol. The normalized spacial score (nSPS) is 14.2. The molecule has 0 radical (unpaired) electrons. The van der Waals surface area contributed by atoms with Crippen molar-refractivity contribution >= 4 is 16.9 Å². The first-order chi connectivity index (χ1) is 16.2. The van der Waals surface area contributed by atoms with Crippen LogP contribution in [0, 0.1) is 6.92 Å². The molecule has 0 aliphatic carbocycles. The maximum atomic E-state index is 6.25. The molecule has 1 fully saturated rings. The van der Waals surface area contributed by atoms with Gasteiger partial charge in [-0.3, -0.25) is 4.98 Å². The van der Waals surface area contributed by atoms with Gasteiger partial charge in [-0.15, -0.1) is 0 Å². The number of rotatable bonds is 4. The number of hydrogen-bond donors (Lipinski definition) is 0. The Labute approximate surface area is 190 Å². The third kappa shape index (κ3) is 3.74. The van der Waals surface area contributed by atoms with Crippen LogP contribution in [0.4, 0.5) is 5.82 Å². The summed E-state index contributed by atoms with van der Waals surface area (Å²) in [7, 11) is 0. The van der Waals surface area contributed by atoms with E-state index in [2.05, 4.69) is 35.0 Å². The maximum Gasteiger partial charge on any atom is 0.253 e. The Morgan fingerprint density at radius 3 is 2.58 bits per heavy atom. The van der Waals surface area contributed by atoms with E-state index < -0.39 is 0 Å². The Bertz CT molecular complexity index is 1420. The van der Waals surface area contributed by atoms with E-state index in [0.717, 1.165) is 47.0 Å². The van der Waals surface area contributed by atoms with Crippen molar-refractivity contribution in [2.45, 2.75) is 6.92 Å². The van der Waals surface area contributed by atoms with Crippen LogP contribution >= 0.6 is 0 Å². The first-order valence-electron chi connectivity index (χ1n) is 10.9. The van der Waals surface area contributed by atoms with Crippen molar-refractivity contribution in [1.82, 2.24) is 24.7 Å². The molecule has 33 heavy (non-hydrogen) atoms. The van der Waals surface area contributed by atoms with Crippen LogP contribution in [-0.2, 0) is 4.74 Å². The summed E-state index contributed by atoms with van der Waals surface area (Å²) in [5.41, 5.74) is 5.47. The summed E-state index contributed by atoms with van der Waals surface area (Å²) in [4.78, 5) is 16.0. The van der Waals surface area contributed by atoms with Crippen LogP contribution < -0.4 is 4.90 Å². The number of furan rings is 1. The summed E-state index contributed by atoms with van der Waals surface area (Å²) in [5, 5.41) is 4.76. The predicted octanol–water partition coefficient (Wildman–Crippen LogP) is 4.28. The summed E-state index contributed by atoms with van der Waals surface area (Å²) in [5.74, 6) is 1.99. The highest BCUT2D eigenvalue weighted by atomic mass is 16.5. The van der Waals surface area contributed by atoms with E-state index in [-0.39, 0.29) is 0 Å². The molecule has 1 aromatic carbocycles. The van der Waals surface area contributed by atoms with E-state index in [0.29, 0.717) is 24.7 Å². The van der Waals surface area contributed by atoms with Gasteiger partial charge in [-0.25, -0.2) is 9.67 Å². The van der Waals surface area contributed by atoms with Crippen molar-refractivity contribution in [3.05, 3.63) is 72.7 Å². The third-order valence-electron chi connectivity index (χ3n) is 5.73. The van der Waals surface area contributed by atoms with Crippen LogP contribution in [0.25, 0.3) is 39.6 Å². The number of benzene rings is 1. The number of nitrogens with zero attached hydrogens (tertiary/aromatic N) is 6. The largest absolute Gasteiger partial charge is 0.450 e. The Kier molecular flexibility index (Phi) is 4.84. The van der Waals surface area contributed by atoms with Crippen LogP contribution in [-0.4, -0.2) is 51.0 Å². The number of fused-ring (bicyclic) bond motifs is 1. The summed E-state index contributed by atoms with van der Waals surface area (Å²) in [6.45, 7) is 4.86. The van der Waals surface area contributed by atoms with Crippen molar-refractivity contribution in [1.29, 1.82) is 0 Å². The number of ether oxygens (including phenoxy) is 1. The molecule has 0 saturated carbocycles. The van der Waals surface area contributed by atoms with Gasteiger partial charge in [0.1, 0.15) is 11.3 Å². The number of aryl methyl sites for hydroxylation is 1. The number of anilines is 1. The topological polar surface area (TPSA) is 82.1 Å². The van der Waals surface area contributed by atoms with E-state index in [1.807, 2.05) is 36.5 Å². The van der Waals surface area contributed by atoms with Gasteiger partial charge in [-0.1, -0.05) is 23.8 Å². The fraction of sp³-hybridized carbons (Fsp3) is 0.200. The van der Waals surface area contributed by atoms with Gasteiger partial charge < -0.3 is 14.1 Å². The standard InChI is InChI=1S/C25H22N6O2/c1-17-3-2-4-19(15-17)20-7-10-31(29-20)25-27-21-16-22(18-5-8-26-9-6-18)33-23(21)24(28-25)30-11-13-32-14-12-30/h2-10,15-16H,11-14H2,1H3. The highest BCUT2D eigenvalue weighted by Gasteiger charge is 2.22. The summed E-state index contributed by atoms with van der Waals surface area (Å²) < 4.78 is 13.5. The van der Waals surface area contributed by atoms with Gasteiger partial charge in [0.15, 0.2) is 11.4 Å². The smallest absolute Gasteiger partial charge is 0.253 e. The molecule has 0 unspecified atom stereocenters.